The molecule has 0 saturated carbocycles. The molecule has 0 bridgehead atoms. The zero-order chi connectivity index (χ0) is 11.4. The van der Waals surface area contributed by atoms with Crippen molar-refractivity contribution in [3.05, 3.63) is 59.7 Å². The van der Waals surface area contributed by atoms with Gasteiger partial charge < -0.3 is 0 Å². The average molecular weight is 212 g/mol. The summed E-state index contributed by atoms with van der Waals surface area (Å²) in [5, 5.41) is 0. The number of nitrogens with zero attached hydrogens (tertiary/aromatic N) is 2. The van der Waals surface area contributed by atoms with E-state index in [1.807, 2.05) is 31.2 Å². The Labute approximate surface area is 94.2 Å². The van der Waals surface area contributed by atoms with Crippen molar-refractivity contribution >= 4 is 5.78 Å². The number of carbonyl (C=O) groups excluding carboxylic acids is 1. The number of rotatable bonds is 3. The molecular formula is C13H12N2O. The lowest BCUT2D eigenvalue weighted by Gasteiger charge is -2.00. The fraction of sp³-hybridized carbons (Fsp3) is 0.154. The molecule has 2 rings (SSSR count). The molecule has 1 aromatic carbocycles. The largest absolute Gasteiger partial charge is 0.294 e. The van der Waals surface area contributed by atoms with Crippen LogP contribution in [0.4, 0.5) is 0 Å². The second-order valence-corrected chi connectivity index (χ2v) is 3.58. The molecule has 0 amide bonds. The Morgan fingerprint density at radius 2 is 1.94 bits per heavy atom. The van der Waals surface area contributed by atoms with E-state index < -0.39 is 0 Å². The number of hydrogen-bond donors (Lipinski definition) is 0. The number of hydrogen-bond acceptors (Lipinski definition) is 3. The third-order valence-electron chi connectivity index (χ3n) is 2.26. The lowest BCUT2D eigenvalue weighted by molar-refractivity contribution is 0.0991. The van der Waals surface area contributed by atoms with Crippen molar-refractivity contribution in [1.29, 1.82) is 0 Å². The van der Waals surface area contributed by atoms with Crippen molar-refractivity contribution in [2.24, 2.45) is 0 Å². The van der Waals surface area contributed by atoms with Gasteiger partial charge in [-0.15, -0.1) is 0 Å². The van der Waals surface area contributed by atoms with Gasteiger partial charge in [0.05, 0.1) is 6.42 Å². The van der Waals surface area contributed by atoms with Crippen molar-refractivity contribution in [2.45, 2.75) is 13.3 Å². The summed E-state index contributed by atoms with van der Waals surface area (Å²) in [7, 11) is 0. The number of carbonyl (C=O) groups is 1. The highest BCUT2D eigenvalue weighted by Gasteiger charge is 2.08. The Morgan fingerprint density at radius 1 is 1.19 bits per heavy atom. The minimum absolute atomic E-state index is 0.0474. The third kappa shape index (κ3) is 2.51. The van der Waals surface area contributed by atoms with Crippen LogP contribution in [0.1, 0.15) is 21.9 Å². The molecule has 0 unspecified atom stereocenters. The summed E-state index contributed by atoms with van der Waals surface area (Å²) in [6, 6.07) is 11.0. The van der Waals surface area contributed by atoms with Crippen molar-refractivity contribution < 1.29 is 4.79 Å². The maximum absolute atomic E-state index is 11.8. The van der Waals surface area contributed by atoms with Crippen LogP contribution in [-0.4, -0.2) is 15.8 Å². The van der Waals surface area contributed by atoms with Crippen molar-refractivity contribution in [3.63, 3.8) is 0 Å². The second-order valence-electron chi connectivity index (χ2n) is 3.58. The molecule has 0 saturated heterocycles. The van der Waals surface area contributed by atoms with E-state index in [0.717, 1.165) is 5.69 Å². The molecule has 80 valence electrons. The van der Waals surface area contributed by atoms with Crippen LogP contribution in [0.3, 0.4) is 0 Å². The Morgan fingerprint density at radius 3 is 2.62 bits per heavy atom. The standard InChI is InChI=1S/C13H12N2O/c1-10-7-8-14-13(15-10)9-12(16)11-5-3-2-4-6-11/h2-8H,9H2,1H3. The Hall–Kier alpha value is -2.03. The van der Waals surface area contributed by atoms with E-state index >= 15 is 0 Å². The molecule has 0 aliphatic carbocycles. The highest BCUT2D eigenvalue weighted by Crippen LogP contribution is 2.04. The Kier molecular flexibility index (Phi) is 3.05. The lowest BCUT2D eigenvalue weighted by Crippen LogP contribution is -2.07. The van der Waals surface area contributed by atoms with Gasteiger partial charge in [-0.05, 0) is 13.0 Å². The Balaban J connectivity index is 2.14. The summed E-state index contributed by atoms with van der Waals surface area (Å²) in [6.07, 6.45) is 1.93. The van der Waals surface area contributed by atoms with Gasteiger partial charge in [-0.25, -0.2) is 9.97 Å². The summed E-state index contributed by atoms with van der Waals surface area (Å²) in [5.41, 5.74) is 1.58. The highest BCUT2D eigenvalue weighted by molar-refractivity contribution is 5.97. The Bertz CT molecular complexity index is 494. The first-order valence-corrected chi connectivity index (χ1v) is 5.12. The van der Waals surface area contributed by atoms with Gasteiger partial charge in [-0.3, -0.25) is 4.79 Å². The molecule has 0 fully saturated rings. The summed E-state index contributed by atoms with van der Waals surface area (Å²) < 4.78 is 0. The SMILES string of the molecule is Cc1ccnc(CC(=O)c2ccccc2)n1. The zero-order valence-corrected chi connectivity index (χ0v) is 9.05. The number of ketones is 1. The van der Waals surface area contributed by atoms with E-state index in [1.54, 1.807) is 18.3 Å². The van der Waals surface area contributed by atoms with Crippen LogP contribution < -0.4 is 0 Å². The number of Topliss-reactive ketones (excluding diaryl/α,β-unsaturated/α-hetero) is 1. The molecule has 0 radical (unpaired) electrons. The molecule has 3 nitrogen and oxygen atoms in total. The van der Waals surface area contributed by atoms with Crippen molar-refractivity contribution in [2.75, 3.05) is 0 Å². The fourth-order valence-corrected chi connectivity index (χ4v) is 1.46. The van der Waals surface area contributed by atoms with Crippen LogP contribution in [0.25, 0.3) is 0 Å². The van der Waals surface area contributed by atoms with E-state index in [0.29, 0.717) is 11.4 Å². The van der Waals surface area contributed by atoms with Gasteiger partial charge in [-0.1, -0.05) is 30.3 Å². The van der Waals surface area contributed by atoms with E-state index in [9.17, 15) is 4.79 Å². The van der Waals surface area contributed by atoms with Crippen LogP contribution in [0, 0.1) is 6.92 Å². The van der Waals surface area contributed by atoms with Gasteiger partial charge in [0.1, 0.15) is 5.82 Å². The quantitative estimate of drug-likeness (QED) is 0.732. The molecule has 2 aromatic rings. The maximum Gasteiger partial charge on any atom is 0.170 e. The summed E-state index contributed by atoms with van der Waals surface area (Å²) >= 11 is 0. The minimum Gasteiger partial charge on any atom is -0.294 e. The van der Waals surface area contributed by atoms with E-state index in [2.05, 4.69) is 9.97 Å². The monoisotopic (exact) mass is 212 g/mol. The molecule has 3 heteroatoms. The first-order chi connectivity index (χ1) is 7.75. The van der Waals surface area contributed by atoms with Crippen LogP contribution in [-0.2, 0) is 6.42 Å². The van der Waals surface area contributed by atoms with Crippen LogP contribution >= 0.6 is 0 Å². The minimum atomic E-state index is 0.0474. The molecule has 0 spiro atoms. The normalized spacial score (nSPS) is 10.1. The van der Waals surface area contributed by atoms with Gasteiger partial charge in [-0.2, -0.15) is 0 Å². The second kappa shape index (κ2) is 4.66. The lowest BCUT2D eigenvalue weighted by atomic mass is 10.1. The maximum atomic E-state index is 11.8. The van der Waals surface area contributed by atoms with Crippen LogP contribution in [0.2, 0.25) is 0 Å². The topological polar surface area (TPSA) is 42.9 Å². The smallest absolute Gasteiger partial charge is 0.170 e. The molecule has 1 aromatic heterocycles. The van der Waals surface area contributed by atoms with E-state index in [1.165, 1.54) is 0 Å². The van der Waals surface area contributed by atoms with Crippen LogP contribution in [0.15, 0.2) is 42.6 Å². The van der Waals surface area contributed by atoms with Crippen LogP contribution in [0.5, 0.6) is 0 Å². The van der Waals surface area contributed by atoms with Gasteiger partial charge in [0.2, 0.25) is 0 Å². The van der Waals surface area contributed by atoms with Gasteiger partial charge in [0.25, 0.3) is 0 Å². The first kappa shape index (κ1) is 10.5. The van der Waals surface area contributed by atoms with Crippen molar-refractivity contribution in [1.82, 2.24) is 9.97 Å². The molecule has 0 aliphatic rings. The molecule has 0 aliphatic heterocycles. The van der Waals surface area contributed by atoms with E-state index in [-0.39, 0.29) is 12.2 Å². The van der Waals surface area contributed by atoms with Gasteiger partial charge in [0.15, 0.2) is 5.78 Å². The molecule has 0 N–H and O–H groups in total. The molecular weight excluding hydrogens is 200 g/mol. The first-order valence-electron chi connectivity index (χ1n) is 5.12. The molecule has 0 atom stereocenters. The third-order valence-corrected chi connectivity index (χ3v) is 2.26. The molecule has 16 heavy (non-hydrogen) atoms. The molecule has 1 heterocycles. The van der Waals surface area contributed by atoms with Gasteiger partial charge >= 0.3 is 0 Å². The summed E-state index contributed by atoms with van der Waals surface area (Å²) in [4.78, 5) is 20.1. The van der Waals surface area contributed by atoms with Crippen molar-refractivity contribution in [3.8, 4) is 0 Å². The average Bonchev–Trinajstić information content (AvgIpc) is 2.30. The number of benzene rings is 1. The predicted octanol–water partition coefficient (Wildman–Crippen LogP) is 2.21. The van der Waals surface area contributed by atoms with Gasteiger partial charge in [0, 0.05) is 17.5 Å². The fourth-order valence-electron chi connectivity index (χ4n) is 1.46. The highest BCUT2D eigenvalue weighted by atomic mass is 16.1. The number of aromatic nitrogens is 2. The summed E-state index contributed by atoms with van der Waals surface area (Å²) in [5.74, 6) is 0.625. The van der Waals surface area contributed by atoms with E-state index in [4.69, 9.17) is 0 Å². The predicted molar refractivity (Wildman–Crippen MR) is 61.2 cm³/mol. The zero-order valence-electron chi connectivity index (χ0n) is 9.05. The number of aryl methyl sites for hydroxylation is 1. The summed E-state index contributed by atoms with van der Waals surface area (Å²) in [6.45, 7) is 1.89.